The fourth-order valence-corrected chi connectivity index (χ4v) is 2.65. The molecule has 1 saturated carbocycles. The zero-order valence-corrected chi connectivity index (χ0v) is 12.3. The topological polar surface area (TPSA) is 39.9 Å². The third-order valence-corrected chi connectivity index (χ3v) is 3.95. The molecule has 1 aliphatic carbocycles. The Bertz CT molecular complexity index is 824. The molecule has 3 aromatic heterocycles. The van der Waals surface area contributed by atoms with Crippen LogP contribution >= 0.6 is 11.6 Å². The lowest BCUT2D eigenvalue weighted by Gasteiger charge is -2.10. The molecule has 0 radical (unpaired) electrons. The maximum Gasteiger partial charge on any atom is 0.223 e. The van der Waals surface area contributed by atoms with Crippen LogP contribution in [0.25, 0.3) is 22.2 Å². The smallest absolute Gasteiger partial charge is 0.223 e. The number of ether oxygens (including phenoxy) is 1. The molecule has 5 heteroatoms. The molecule has 1 aliphatic rings. The summed E-state index contributed by atoms with van der Waals surface area (Å²) in [6.45, 7) is 0. The monoisotopic (exact) mass is 299 g/mol. The minimum Gasteiger partial charge on any atom is -0.474 e. The zero-order valence-electron chi connectivity index (χ0n) is 11.6. The predicted octanol–water partition coefficient (Wildman–Crippen LogP) is 3.83. The number of halogens is 1. The Hall–Kier alpha value is -2.07. The van der Waals surface area contributed by atoms with Crippen molar-refractivity contribution >= 4 is 22.5 Å². The van der Waals surface area contributed by atoms with Gasteiger partial charge in [-0.05, 0) is 37.1 Å². The molecule has 3 heterocycles. The van der Waals surface area contributed by atoms with Crippen molar-refractivity contribution in [2.24, 2.45) is 7.05 Å². The first-order chi connectivity index (χ1) is 10.2. The molecule has 0 aliphatic heterocycles. The lowest BCUT2D eigenvalue weighted by molar-refractivity contribution is 0.292. The van der Waals surface area contributed by atoms with Gasteiger partial charge in [0.15, 0.2) is 0 Å². The zero-order chi connectivity index (χ0) is 14.4. The van der Waals surface area contributed by atoms with Gasteiger partial charge in [-0.3, -0.25) is 0 Å². The lowest BCUT2D eigenvalue weighted by Crippen LogP contribution is -2.01. The molecule has 1 fully saturated rings. The first-order valence-electron chi connectivity index (χ1n) is 6.95. The highest BCUT2D eigenvalue weighted by molar-refractivity contribution is 6.30. The van der Waals surface area contributed by atoms with E-state index in [0.717, 1.165) is 35.0 Å². The van der Waals surface area contributed by atoms with Crippen LogP contribution in [0, 0.1) is 0 Å². The highest BCUT2D eigenvalue weighted by Gasteiger charge is 2.26. The van der Waals surface area contributed by atoms with Gasteiger partial charge in [0.2, 0.25) is 5.88 Å². The van der Waals surface area contributed by atoms with Crippen molar-refractivity contribution in [3.05, 3.63) is 41.8 Å². The van der Waals surface area contributed by atoms with Crippen LogP contribution in [0.4, 0.5) is 0 Å². The molecule has 3 aromatic rings. The fraction of sp³-hybridized carbons (Fsp3) is 0.250. The van der Waals surface area contributed by atoms with Crippen molar-refractivity contribution in [2.75, 3.05) is 0 Å². The maximum absolute atomic E-state index is 5.98. The SMILES string of the molecule is Cn1c(-c2cccnc2OC2CC2)cc2cc(Cl)ncc21. The van der Waals surface area contributed by atoms with Crippen LogP contribution in [0.15, 0.2) is 36.7 Å². The van der Waals surface area contributed by atoms with Crippen molar-refractivity contribution < 1.29 is 4.74 Å². The van der Waals surface area contributed by atoms with Gasteiger partial charge in [0.05, 0.1) is 23.0 Å². The van der Waals surface area contributed by atoms with Gasteiger partial charge in [-0.15, -0.1) is 0 Å². The molecule has 106 valence electrons. The summed E-state index contributed by atoms with van der Waals surface area (Å²) in [6, 6.07) is 7.93. The highest BCUT2D eigenvalue weighted by Crippen LogP contribution is 2.35. The van der Waals surface area contributed by atoms with E-state index in [1.54, 1.807) is 12.4 Å². The van der Waals surface area contributed by atoms with E-state index < -0.39 is 0 Å². The Labute approximate surface area is 127 Å². The van der Waals surface area contributed by atoms with E-state index in [0.29, 0.717) is 17.1 Å². The molecule has 0 atom stereocenters. The van der Waals surface area contributed by atoms with E-state index >= 15 is 0 Å². The van der Waals surface area contributed by atoms with Gasteiger partial charge in [-0.1, -0.05) is 11.6 Å². The first-order valence-corrected chi connectivity index (χ1v) is 7.33. The second-order valence-electron chi connectivity index (χ2n) is 5.33. The van der Waals surface area contributed by atoms with E-state index in [9.17, 15) is 0 Å². The van der Waals surface area contributed by atoms with Crippen LogP contribution in [0.1, 0.15) is 12.8 Å². The largest absolute Gasteiger partial charge is 0.474 e. The minimum atomic E-state index is 0.324. The average molecular weight is 300 g/mol. The molecule has 0 N–H and O–H groups in total. The van der Waals surface area contributed by atoms with Crippen LogP contribution in [0.5, 0.6) is 5.88 Å². The van der Waals surface area contributed by atoms with E-state index in [1.165, 1.54) is 0 Å². The van der Waals surface area contributed by atoms with Crippen molar-refractivity contribution in [1.29, 1.82) is 0 Å². The fourth-order valence-electron chi connectivity index (χ4n) is 2.49. The van der Waals surface area contributed by atoms with Crippen LogP contribution < -0.4 is 4.74 Å². The summed E-state index contributed by atoms with van der Waals surface area (Å²) >= 11 is 5.98. The molecule has 4 nitrogen and oxygen atoms in total. The van der Waals surface area contributed by atoms with Crippen molar-refractivity contribution in [3.8, 4) is 17.1 Å². The highest BCUT2D eigenvalue weighted by atomic mass is 35.5. The van der Waals surface area contributed by atoms with E-state index in [2.05, 4.69) is 20.6 Å². The summed E-state index contributed by atoms with van der Waals surface area (Å²) in [5.74, 6) is 0.699. The molecule has 21 heavy (non-hydrogen) atoms. The Balaban J connectivity index is 1.87. The Morgan fingerprint density at radius 2 is 2.14 bits per heavy atom. The molecule has 0 aromatic carbocycles. The predicted molar refractivity (Wildman–Crippen MR) is 82.6 cm³/mol. The van der Waals surface area contributed by atoms with E-state index in [-0.39, 0.29) is 0 Å². The summed E-state index contributed by atoms with van der Waals surface area (Å²) in [5, 5.41) is 1.56. The molecule has 4 rings (SSSR count). The van der Waals surface area contributed by atoms with Gasteiger partial charge in [-0.2, -0.15) is 0 Å². The van der Waals surface area contributed by atoms with Crippen LogP contribution in [0.3, 0.4) is 0 Å². The molecule has 0 spiro atoms. The van der Waals surface area contributed by atoms with Crippen LogP contribution in [-0.2, 0) is 7.05 Å². The Morgan fingerprint density at radius 1 is 1.29 bits per heavy atom. The normalized spacial score (nSPS) is 14.6. The maximum atomic E-state index is 5.98. The molecule has 0 saturated heterocycles. The lowest BCUT2D eigenvalue weighted by atomic mass is 10.2. The van der Waals surface area contributed by atoms with Gasteiger partial charge >= 0.3 is 0 Å². The minimum absolute atomic E-state index is 0.324. The van der Waals surface area contributed by atoms with Gasteiger partial charge in [-0.25, -0.2) is 9.97 Å². The van der Waals surface area contributed by atoms with Crippen molar-refractivity contribution in [3.63, 3.8) is 0 Å². The molecule has 0 bridgehead atoms. The number of aromatic nitrogens is 3. The number of hydrogen-bond acceptors (Lipinski definition) is 3. The number of fused-ring (bicyclic) bond motifs is 1. The summed E-state index contributed by atoms with van der Waals surface area (Å²) in [7, 11) is 2.02. The van der Waals surface area contributed by atoms with Crippen LogP contribution in [-0.4, -0.2) is 20.6 Å². The van der Waals surface area contributed by atoms with Gasteiger partial charge in [0.1, 0.15) is 11.3 Å². The number of pyridine rings is 2. The number of nitrogens with zero attached hydrogens (tertiary/aromatic N) is 3. The van der Waals surface area contributed by atoms with Gasteiger partial charge < -0.3 is 9.30 Å². The average Bonchev–Trinajstić information content (AvgIpc) is 3.23. The standard InChI is InChI=1S/C16H14ClN3O/c1-20-13(7-10-8-15(17)19-9-14(10)20)12-3-2-6-18-16(12)21-11-4-5-11/h2-3,6-9,11H,4-5H2,1H3. The van der Waals surface area contributed by atoms with E-state index in [1.807, 2.05) is 25.2 Å². The first kappa shape index (κ1) is 12.7. The summed E-state index contributed by atoms with van der Waals surface area (Å²) < 4.78 is 8.01. The Morgan fingerprint density at radius 3 is 2.95 bits per heavy atom. The van der Waals surface area contributed by atoms with Gasteiger partial charge in [0.25, 0.3) is 0 Å². The molecule has 0 unspecified atom stereocenters. The second kappa shape index (κ2) is 4.74. The summed E-state index contributed by atoms with van der Waals surface area (Å²) in [4.78, 5) is 8.54. The van der Waals surface area contributed by atoms with Crippen molar-refractivity contribution in [1.82, 2.24) is 14.5 Å². The van der Waals surface area contributed by atoms with E-state index in [4.69, 9.17) is 16.3 Å². The molecular formula is C16H14ClN3O. The van der Waals surface area contributed by atoms with Gasteiger partial charge in [0, 0.05) is 18.6 Å². The summed E-state index contributed by atoms with van der Waals surface area (Å²) in [5.41, 5.74) is 3.09. The second-order valence-corrected chi connectivity index (χ2v) is 5.72. The quantitative estimate of drug-likeness (QED) is 0.690. The third-order valence-electron chi connectivity index (χ3n) is 3.75. The molecule has 0 amide bonds. The third kappa shape index (κ3) is 2.25. The number of aryl methyl sites for hydroxylation is 1. The Kier molecular flexibility index (Phi) is 2.86. The summed E-state index contributed by atoms with van der Waals surface area (Å²) in [6.07, 6.45) is 6.11. The number of rotatable bonds is 3. The number of hydrogen-bond donors (Lipinski definition) is 0. The van der Waals surface area contributed by atoms with Crippen molar-refractivity contribution in [2.45, 2.75) is 18.9 Å². The molecular weight excluding hydrogens is 286 g/mol. The van der Waals surface area contributed by atoms with Crippen LogP contribution in [0.2, 0.25) is 5.15 Å².